The Hall–Kier alpha value is -2.71. The topological polar surface area (TPSA) is 53.3 Å². The second kappa shape index (κ2) is 6.39. The molecule has 0 radical (unpaired) electrons. The highest BCUT2D eigenvalue weighted by Gasteiger charge is 2.53. The Kier molecular flexibility index (Phi) is 3.85. The molecule has 1 aromatic carbocycles. The molecule has 7 nitrogen and oxygen atoms in total. The normalized spacial score (nSPS) is 19.7. The second-order valence-electron chi connectivity index (χ2n) is 8.74. The van der Waals surface area contributed by atoms with Crippen LogP contribution in [0.15, 0.2) is 36.5 Å². The molecule has 5 heterocycles. The van der Waals surface area contributed by atoms with Crippen LogP contribution in [0.4, 0.5) is 16.2 Å². The van der Waals surface area contributed by atoms with Gasteiger partial charge in [-0.25, -0.2) is 9.37 Å². The molecule has 3 aromatic rings. The minimum atomic E-state index is -0.302. The molecule has 0 amide bonds. The summed E-state index contributed by atoms with van der Waals surface area (Å²) in [4.78, 5) is 10.9. The number of fused-ring (bicyclic) bond motifs is 3. The van der Waals surface area contributed by atoms with Gasteiger partial charge >= 0.3 is 0 Å². The Morgan fingerprint density at radius 1 is 1.00 bits per heavy atom. The van der Waals surface area contributed by atoms with Crippen molar-refractivity contribution in [3.8, 4) is 5.69 Å². The number of benzene rings is 1. The molecule has 9 heteroatoms. The van der Waals surface area contributed by atoms with Crippen molar-refractivity contribution in [1.82, 2.24) is 24.6 Å². The third kappa shape index (κ3) is 2.78. The Balaban J connectivity index is 1.23. The van der Waals surface area contributed by atoms with Gasteiger partial charge in [0.25, 0.3) is 0 Å². The SMILES string of the molecule is CN1Cc2cc(Cl)ccc2-n2c(nnc2N2CC3(CN(c4ccc(F)cn4)C3)C2)C1. The minimum absolute atomic E-state index is 0.243. The average Bonchev–Trinajstić information content (AvgIpc) is 2.97. The maximum Gasteiger partial charge on any atom is 0.231 e. The molecule has 0 bridgehead atoms. The molecule has 154 valence electrons. The van der Waals surface area contributed by atoms with Crippen LogP contribution >= 0.6 is 11.6 Å². The fourth-order valence-corrected chi connectivity index (χ4v) is 5.13. The Bertz CT molecular complexity index is 1110. The van der Waals surface area contributed by atoms with Crippen LogP contribution in [0.25, 0.3) is 5.69 Å². The van der Waals surface area contributed by atoms with Gasteiger partial charge in [-0.1, -0.05) is 11.6 Å². The first-order chi connectivity index (χ1) is 14.5. The summed E-state index contributed by atoms with van der Waals surface area (Å²) in [6, 6.07) is 9.23. The summed E-state index contributed by atoms with van der Waals surface area (Å²) in [6.07, 6.45) is 1.28. The Morgan fingerprint density at radius 3 is 2.57 bits per heavy atom. The van der Waals surface area contributed by atoms with Gasteiger partial charge in [0.1, 0.15) is 11.6 Å². The molecule has 2 saturated heterocycles. The molecule has 0 N–H and O–H groups in total. The van der Waals surface area contributed by atoms with Crippen LogP contribution in [-0.2, 0) is 13.1 Å². The van der Waals surface area contributed by atoms with Gasteiger partial charge in [-0.15, -0.1) is 10.2 Å². The first-order valence-corrected chi connectivity index (χ1v) is 10.4. The summed E-state index contributed by atoms with van der Waals surface area (Å²) >= 11 is 6.26. The quantitative estimate of drug-likeness (QED) is 0.629. The van der Waals surface area contributed by atoms with Crippen LogP contribution < -0.4 is 9.80 Å². The number of aromatic nitrogens is 4. The van der Waals surface area contributed by atoms with Gasteiger partial charge in [-0.3, -0.25) is 9.47 Å². The molecule has 1 spiro atoms. The van der Waals surface area contributed by atoms with E-state index in [0.29, 0.717) is 0 Å². The predicted molar refractivity (Wildman–Crippen MR) is 113 cm³/mol. The number of hydrogen-bond acceptors (Lipinski definition) is 6. The maximum atomic E-state index is 13.1. The largest absolute Gasteiger partial charge is 0.355 e. The third-order valence-corrected chi connectivity index (χ3v) is 6.51. The van der Waals surface area contributed by atoms with Gasteiger partial charge in [0.05, 0.1) is 18.4 Å². The maximum absolute atomic E-state index is 13.1. The monoisotopic (exact) mass is 425 g/mol. The van der Waals surface area contributed by atoms with Crippen molar-refractivity contribution in [2.45, 2.75) is 13.1 Å². The smallest absolute Gasteiger partial charge is 0.231 e. The highest BCUT2D eigenvalue weighted by molar-refractivity contribution is 6.30. The zero-order valence-corrected chi connectivity index (χ0v) is 17.3. The fourth-order valence-electron chi connectivity index (χ4n) is 4.93. The molecule has 3 aliphatic rings. The Labute approximate surface area is 178 Å². The number of pyridine rings is 1. The molecule has 0 atom stereocenters. The van der Waals surface area contributed by atoms with Crippen LogP contribution in [0.2, 0.25) is 5.02 Å². The van der Waals surface area contributed by atoms with E-state index in [1.165, 1.54) is 17.8 Å². The average molecular weight is 426 g/mol. The second-order valence-corrected chi connectivity index (χ2v) is 9.18. The summed E-state index contributed by atoms with van der Waals surface area (Å²) in [5, 5.41) is 9.78. The molecule has 3 aliphatic heterocycles. The van der Waals surface area contributed by atoms with Gasteiger partial charge in [-0.2, -0.15) is 0 Å². The van der Waals surface area contributed by atoms with E-state index < -0.39 is 0 Å². The van der Waals surface area contributed by atoms with Gasteiger partial charge in [0.2, 0.25) is 5.95 Å². The lowest BCUT2D eigenvalue weighted by molar-refractivity contribution is 0.153. The third-order valence-electron chi connectivity index (χ3n) is 6.27. The van der Waals surface area contributed by atoms with Crippen molar-refractivity contribution in [3.05, 3.63) is 58.8 Å². The van der Waals surface area contributed by atoms with E-state index in [-0.39, 0.29) is 11.2 Å². The van der Waals surface area contributed by atoms with Crippen molar-refractivity contribution in [2.75, 3.05) is 43.0 Å². The van der Waals surface area contributed by atoms with Gasteiger partial charge in [0.15, 0.2) is 5.82 Å². The summed E-state index contributed by atoms with van der Waals surface area (Å²) in [6.45, 7) is 5.28. The number of anilines is 2. The van der Waals surface area contributed by atoms with Crippen LogP contribution in [0.5, 0.6) is 0 Å². The standard InChI is InChI=1S/C21H21ClFN7/c1-27-8-14-6-15(22)2-4-17(14)30-19(9-27)25-26-20(30)29-12-21(13-29)10-28(11-21)18-5-3-16(23)7-24-18/h2-7H,8-13H2,1H3. The van der Waals surface area contributed by atoms with Crippen LogP contribution in [0, 0.1) is 11.2 Å². The summed E-state index contributed by atoms with van der Waals surface area (Å²) < 4.78 is 15.3. The van der Waals surface area contributed by atoms with Gasteiger partial charge in [0, 0.05) is 43.2 Å². The molecule has 0 saturated carbocycles. The van der Waals surface area contributed by atoms with Gasteiger partial charge in [-0.05, 0) is 42.9 Å². The van der Waals surface area contributed by atoms with E-state index >= 15 is 0 Å². The van der Waals surface area contributed by atoms with E-state index in [1.807, 2.05) is 12.1 Å². The molecular formula is C21H21ClFN7. The van der Waals surface area contributed by atoms with E-state index in [2.05, 4.69) is 47.6 Å². The molecule has 6 rings (SSSR count). The zero-order valence-electron chi connectivity index (χ0n) is 16.6. The van der Waals surface area contributed by atoms with Crippen molar-refractivity contribution < 1.29 is 4.39 Å². The number of hydrogen-bond donors (Lipinski definition) is 0. The summed E-state index contributed by atoms with van der Waals surface area (Å²) in [7, 11) is 2.08. The van der Waals surface area contributed by atoms with E-state index in [1.54, 1.807) is 6.07 Å². The zero-order chi connectivity index (χ0) is 20.5. The first kappa shape index (κ1) is 18.1. The fraction of sp³-hybridized carbons (Fsp3) is 0.381. The van der Waals surface area contributed by atoms with Crippen LogP contribution in [0.3, 0.4) is 0 Å². The summed E-state index contributed by atoms with van der Waals surface area (Å²) in [5.41, 5.74) is 2.52. The van der Waals surface area contributed by atoms with Crippen molar-refractivity contribution in [3.63, 3.8) is 0 Å². The molecule has 2 aromatic heterocycles. The Morgan fingerprint density at radius 2 is 1.80 bits per heavy atom. The van der Waals surface area contributed by atoms with Crippen LogP contribution in [0.1, 0.15) is 11.4 Å². The van der Waals surface area contributed by atoms with Crippen molar-refractivity contribution in [2.24, 2.45) is 5.41 Å². The molecule has 30 heavy (non-hydrogen) atoms. The lowest BCUT2D eigenvalue weighted by atomic mass is 9.73. The van der Waals surface area contributed by atoms with E-state index in [9.17, 15) is 4.39 Å². The van der Waals surface area contributed by atoms with Crippen LogP contribution in [-0.4, -0.2) is 57.9 Å². The van der Waals surface area contributed by atoms with E-state index in [4.69, 9.17) is 11.6 Å². The lowest BCUT2D eigenvalue weighted by Gasteiger charge is -2.60. The van der Waals surface area contributed by atoms with Crippen molar-refractivity contribution >= 4 is 23.4 Å². The molecule has 0 unspecified atom stereocenters. The van der Waals surface area contributed by atoms with E-state index in [0.717, 1.165) is 67.6 Å². The number of nitrogens with zero attached hydrogens (tertiary/aromatic N) is 7. The molecule has 0 aliphatic carbocycles. The highest BCUT2D eigenvalue weighted by Crippen LogP contribution is 2.43. The predicted octanol–water partition coefficient (Wildman–Crippen LogP) is 2.73. The first-order valence-electron chi connectivity index (χ1n) is 10.0. The lowest BCUT2D eigenvalue weighted by Crippen LogP contribution is -2.73. The molecule has 2 fully saturated rings. The molecular weight excluding hydrogens is 405 g/mol. The number of halogens is 2. The number of rotatable bonds is 2. The van der Waals surface area contributed by atoms with Gasteiger partial charge < -0.3 is 9.80 Å². The summed E-state index contributed by atoms with van der Waals surface area (Å²) in [5.74, 6) is 2.38. The highest BCUT2D eigenvalue weighted by atomic mass is 35.5. The van der Waals surface area contributed by atoms with Crippen molar-refractivity contribution in [1.29, 1.82) is 0 Å². The minimum Gasteiger partial charge on any atom is -0.355 e.